The first-order valence-electron chi connectivity index (χ1n) is 10.7. The molecule has 8 heteroatoms. The van der Waals surface area contributed by atoms with E-state index in [1.807, 2.05) is 38.1 Å². The van der Waals surface area contributed by atoms with Crippen molar-refractivity contribution in [3.8, 4) is 11.5 Å². The molecule has 0 saturated heterocycles. The predicted molar refractivity (Wildman–Crippen MR) is 133 cm³/mol. The second-order valence-corrected chi connectivity index (χ2v) is 9.91. The Balaban J connectivity index is 1.85. The van der Waals surface area contributed by atoms with Crippen molar-refractivity contribution in [3.63, 3.8) is 0 Å². The Morgan fingerprint density at radius 1 is 0.882 bits per heavy atom. The van der Waals surface area contributed by atoms with Gasteiger partial charge in [-0.25, -0.2) is 8.42 Å². The van der Waals surface area contributed by atoms with Crippen LogP contribution in [0.25, 0.3) is 0 Å². The minimum absolute atomic E-state index is 0.0674. The fraction of sp³-hybridized carbons (Fsp3) is 0.269. The summed E-state index contributed by atoms with van der Waals surface area (Å²) in [6.45, 7) is 5.82. The Kier molecular flexibility index (Phi) is 7.51. The molecule has 1 amide bonds. The maximum atomic E-state index is 13.2. The zero-order valence-corrected chi connectivity index (χ0v) is 21.1. The summed E-state index contributed by atoms with van der Waals surface area (Å²) in [6, 6.07) is 15.6. The van der Waals surface area contributed by atoms with Crippen molar-refractivity contribution in [1.29, 1.82) is 0 Å². The summed E-state index contributed by atoms with van der Waals surface area (Å²) in [6.07, 6.45) is 0. The average Bonchev–Trinajstić information content (AvgIpc) is 2.80. The van der Waals surface area contributed by atoms with Gasteiger partial charge < -0.3 is 14.4 Å². The van der Waals surface area contributed by atoms with Crippen LogP contribution in [0, 0.1) is 20.8 Å². The Bertz CT molecular complexity index is 1320. The smallest absolute Gasteiger partial charge is 0.262 e. The highest BCUT2D eigenvalue weighted by Gasteiger charge is 2.21. The summed E-state index contributed by atoms with van der Waals surface area (Å²) < 4.78 is 39.6. The van der Waals surface area contributed by atoms with Crippen molar-refractivity contribution in [1.82, 2.24) is 4.90 Å². The van der Waals surface area contributed by atoms with Gasteiger partial charge in [-0.2, -0.15) is 0 Å². The molecule has 1 N–H and O–H groups in total. The molecule has 0 aliphatic carbocycles. The van der Waals surface area contributed by atoms with E-state index in [4.69, 9.17) is 9.47 Å². The van der Waals surface area contributed by atoms with Gasteiger partial charge in [-0.05, 0) is 67.8 Å². The van der Waals surface area contributed by atoms with Crippen molar-refractivity contribution < 1.29 is 22.7 Å². The van der Waals surface area contributed by atoms with E-state index in [2.05, 4.69) is 4.72 Å². The molecule has 3 rings (SSSR count). The maximum absolute atomic E-state index is 13.2. The van der Waals surface area contributed by atoms with E-state index in [9.17, 15) is 13.2 Å². The summed E-state index contributed by atoms with van der Waals surface area (Å²) in [4.78, 5) is 14.7. The summed E-state index contributed by atoms with van der Waals surface area (Å²) in [5.74, 6) is 0.879. The molecule has 0 fully saturated rings. The first-order chi connectivity index (χ1) is 16.1. The Labute approximate surface area is 201 Å². The van der Waals surface area contributed by atoms with Crippen LogP contribution in [0.2, 0.25) is 0 Å². The molecule has 0 aliphatic rings. The normalized spacial score (nSPS) is 11.1. The Hall–Kier alpha value is -3.52. The third-order valence-electron chi connectivity index (χ3n) is 5.57. The molecule has 3 aromatic rings. The van der Waals surface area contributed by atoms with Crippen LogP contribution < -0.4 is 14.2 Å². The quantitative estimate of drug-likeness (QED) is 0.503. The number of amides is 1. The first kappa shape index (κ1) is 25.1. The molecule has 34 heavy (non-hydrogen) atoms. The molecule has 7 nitrogen and oxygen atoms in total. The molecule has 0 bridgehead atoms. The van der Waals surface area contributed by atoms with Crippen LogP contribution in [-0.4, -0.2) is 40.5 Å². The van der Waals surface area contributed by atoms with E-state index < -0.39 is 10.0 Å². The van der Waals surface area contributed by atoms with Crippen molar-refractivity contribution in [3.05, 3.63) is 82.4 Å². The van der Waals surface area contributed by atoms with Crippen LogP contribution in [0.4, 0.5) is 5.69 Å². The minimum atomic E-state index is -3.89. The second kappa shape index (κ2) is 10.2. The lowest BCUT2D eigenvalue weighted by atomic mass is 10.1. The molecular formula is C26H30N2O5S. The highest BCUT2D eigenvalue weighted by Crippen LogP contribution is 2.28. The number of carbonyl (C=O) groups excluding carboxylic acids is 1. The van der Waals surface area contributed by atoms with Gasteiger partial charge in [0.2, 0.25) is 0 Å². The zero-order valence-electron chi connectivity index (χ0n) is 20.3. The monoisotopic (exact) mass is 482 g/mol. The van der Waals surface area contributed by atoms with E-state index in [-0.39, 0.29) is 16.4 Å². The second-order valence-electron chi connectivity index (χ2n) is 8.25. The van der Waals surface area contributed by atoms with E-state index in [1.54, 1.807) is 52.5 Å². The molecule has 0 unspecified atom stereocenters. The molecule has 0 spiro atoms. The van der Waals surface area contributed by atoms with Crippen LogP contribution in [0.1, 0.15) is 32.6 Å². The topological polar surface area (TPSA) is 84.9 Å². The van der Waals surface area contributed by atoms with Gasteiger partial charge in [0.05, 0.1) is 24.8 Å². The van der Waals surface area contributed by atoms with E-state index in [1.165, 1.54) is 11.0 Å². The summed E-state index contributed by atoms with van der Waals surface area (Å²) in [7, 11) is 0.893. The van der Waals surface area contributed by atoms with Crippen molar-refractivity contribution >= 4 is 21.6 Å². The van der Waals surface area contributed by atoms with Gasteiger partial charge in [0.1, 0.15) is 0 Å². The molecule has 0 aromatic heterocycles. The SMILES string of the molecule is COc1ccc(CN(C)C(=O)c2ccc(C)c(S(=O)(=O)Nc3ccc(C)cc3C)c2)cc1OC. The van der Waals surface area contributed by atoms with Crippen LogP contribution in [0.3, 0.4) is 0 Å². The lowest BCUT2D eigenvalue weighted by Gasteiger charge is -2.19. The number of nitrogens with zero attached hydrogens (tertiary/aromatic N) is 1. The molecule has 0 radical (unpaired) electrons. The summed E-state index contributed by atoms with van der Waals surface area (Å²) in [5.41, 5.74) is 4.06. The predicted octanol–water partition coefficient (Wildman–Crippen LogP) is 4.70. The zero-order chi connectivity index (χ0) is 25.0. The molecule has 0 atom stereocenters. The van der Waals surface area contributed by atoms with Gasteiger partial charge in [-0.15, -0.1) is 0 Å². The lowest BCUT2D eigenvalue weighted by Crippen LogP contribution is -2.26. The third-order valence-corrected chi connectivity index (χ3v) is 7.07. The highest BCUT2D eigenvalue weighted by molar-refractivity contribution is 7.92. The van der Waals surface area contributed by atoms with Gasteiger partial charge >= 0.3 is 0 Å². The van der Waals surface area contributed by atoms with Crippen LogP contribution in [0.5, 0.6) is 11.5 Å². The number of rotatable bonds is 8. The Morgan fingerprint density at radius 2 is 1.59 bits per heavy atom. The van der Waals surface area contributed by atoms with Crippen molar-refractivity contribution in [2.24, 2.45) is 0 Å². The fourth-order valence-electron chi connectivity index (χ4n) is 3.70. The van der Waals surface area contributed by atoms with Gasteiger partial charge in [0, 0.05) is 19.2 Å². The molecule has 0 saturated carbocycles. The standard InChI is InChI=1S/C26H30N2O5S/c1-17-7-11-22(19(3)13-17)27-34(30,31)25-15-21(10-8-18(25)2)26(29)28(4)16-20-9-12-23(32-5)24(14-20)33-6/h7-15,27H,16H2,1-6H3. The van der Waals surface area contributed by atoms with E-state index in [0.29, 0.717) is 29.3 Å². The number of anilines is 1. The number of nitrogens with one attached hydrogen (secondary N) is 1. The van der Waals surface area contributed by atoms with E-state index in [0.717, 1.165) is 16.7 Å². The number of aryl methyl sites for hydroxylation is 3. The maximum Gasteiger partial charge on any atom is 0.262 e. The van der Waals surface area contributed by atoms with Gasteiger partial charge in [0.25, 0.3) is 15.9 Å². The number of hydrogen-bond donors (Lipinski definition) is 1. The number of methoxy groups -OCH3 is 2. The molecule has 0 heterocycles. The van der Waals surface area contributed by atoms with Crippen LogP contribution >= 0.6 is 0 Å². The average molecular weight is 483 g/mol. The fourth-order valence-corrected chi connectivity index (χ4v) is 5.10. The number of ether oxygens (including phenoxy) is 2. The van der Waals surface area contributed by atoms with Gasteiger partial charge in [-0.3, -0.25) is 9.52 Å². The number of sulfonamides is 1. The van der Waals surface area contributed by atoms with Crippen molar-refractivity contribution in [2.45, 2.75) is 32.2 Å². The largest absolute Gasteiger partial charge is 0.493 e. The molecule has 0 aliphatic heterocycles. The number of benzene rings is 3. The number of hydrogen-bond acceptors (Lipinski definition) is 5. The highest BCUT2D eigenvalue weighted by atomic mass is 32.2. The van der Waals surface area contributed by atoms with Gasteiger partial charge in [0.15, 0.2) is 11.5 Å². The van der Waals surface area contributed by atoms with Crippen LogP contribution in [0.15, 0.2) is 59.5 Å². The molecule has 180 valence electrons. The van der Waals surface area contributed by atoms with Gasteiger partial charge in [-0.1, -0.05) is 29.8 Å². The first-order valence-corrected chi connectivity index (χ1v) is 12.2. The molecule has 3 aromatic carbocycles. The summed E-state index contributed by atoms with van der Waals surface area (Å²) >= 11 is 0. The molecular weight excluding hydrogens is 452 g/mol. The van der Waals surface area contributed by atoms with E-state index >= 15 is 0 Å². The van der Waals surface area contributed by atoms with Crippen molar-refractivity contribution in [2.75, 3.05) is 26.0 Å². The summed E-state index contributed by atoms with van der Waals surface area (Å²) in [5, 5.41) is 0. The van der Waals surface area contributed by atoms with Crippen LogP contribution in [-0.2, 0) is 16.6 Å². The Morgan fingerprint density at radius 3 is 2.24 bits per heavy atom. The minimum Gasteiger partial charge on any atom is -0.493 e. The number of carbonyl (C=O) groups is 1. The lowest BCUT2D eigenvalue weighted by molar-refractivity contribution is 0.0784. The third kappa shape index (κ3) is 5.51.